The van der Waals surface area contributed by atoms with Crippen molar-refractivity contribution in [3.8, 4) is 45.3 Å². The smallest absolute Gasteiger partial charge is 0.164 e. The van der Waals surface area contributed by atoms with Crippen LogP contribution in [0, 0.1) is 5.92 Å². The Morgan fingerprint density at radius 1 is 0.541 bits per heavy atom. The number of allylic oxidation sites excluding steroid dienone is 8. The lowest BCUT2D eigenvalue weighted by Gasteiger charge is -2.40. The molecule has 0 saturated carbocycles. The fourth-order valence-corrected chi connectivity index (χ4v) is 9.77. The molecule has 10 rings (SSSR count). The summed E-state index contributed by atoms with van der Waals surface area (Å²) >= 11 is 0. The van der Waals surface area contributed by atoms with Gasteiger partial charge in [-0.05, 0) is 81.5 Å². The maximum Gasteiger partial charge on any atom is 0.164 e. The summed E-state index contributed by atoms with van der Waals surface area (Å²) in [6, 6.07) is 65.0. The summed E-state index contributed by atoms with van der Waals surface area (Å²) in [4.78, 5) is 15.2. The second-order valence-electron chi connectivity index (χ2n) is 16.1. The Labute approximate surface area is 359 Å². The highest BCUT2D eigenvalue weighted by atomic mass is 15.0. The summed E-state index contributed by atoms with van der Waals surface area (Å²) in [5, 5.41) is 2.44. The lowest BCUT2D eigenvalue weighted by atomic mass is 9.62. The van der Waals surface area contributed by atoms with Crippen LogP contribution in [0.1, 0.15) is 49.3 Å². The van der Waals surface area contributed by atoms with E-state index in [9.17, 15) is 0 Å². The largest absolute Gasteiger partial charge is 0.208 e. The van der Waals surface area contributed by atoms with Crippen LogP contribution in [-0.2, 0) is 5.41 Å². The SMILES string of the molecule is CCC1C2=C(C=CCC2)C(c2ccccc2)(c2ccccc2)C/C=C\C=C/1c1ccc2ccccc2c1-c1cccc(-c2nc(-c3ccccc3)nc(-c3ccccc3)n2)c1. The lowest BCUT2D eigenvalue weighted by molar-refractivity contribution is 0.585. The van der Waals surface area contributed by atoms with Gasteiger partial charge in [0.05, 0.1) is 0 Å². The van der Waals surface area contributed by atoms with Gasteiger partial charge >= 0.3 is 0 Å². The van der Waals surface area contributed by atoms with Crippen molar-refractivity contribution in [2.75, 3.05) is 0 Å². The quantitative estimate of drug-likeness (QED) is 0.154. The van der Waals surface area contributed by atoms with Crippen molar-refractivity contribution in [2.24, 2.45) is 5.92 Å². The van der Waals surface area contributed by atoms with Crippen molar-refractivity contribution in [1.29, 1.82) is 0 Å². The summed E-state index contributed by atoms with van der Waals surface area (Å²) in [5.41, 5.74) is 13.1. The Bertz CT molecular complexity index is 2860. The molecular formula is C58H47N3. The standard InChI is InChI=1S/C58H47N3/c1-2-48-50(34-19-20-39-58(46-29-11-5-12-30-46,47-31-13-6-14-32-47)53-36-18-17-35-51(48)53)52-38-37-41-22-15-16-33-49(41)54(52)44-27-21-28-45(40-44)57-60-55(42-23-7-3-8-24-42)59-56(61-57)43-25-9-4-10-26-43/h3-16,18-34,36-38,40,48H,2,17,35,39H2,1H3/b20-19-,50-34+. The lowest BCUT2D eigenvalue weighted by Crippen LogP contribution is -2.32. The molecule has 0 fully saturated rings. The average molecular weight is 786 g/mol. The van der Waals surface area contributed by atoms with E-state index in [1.54, 1.807) is 0 Å². The minimum Gasteiger partial charge on any atom is -0.208 e. The molecule has 0 aliphatic heterocycles. The fourth-order valence-electron chi connectivity index (χ4n) is 9.77. The van der Waals surface area contributed by atoms with Crippen molar-refractivity contribution in [2.45, 2.75) is 38.0 Å². The third kappa shape index (κ3) is 7.17. The van der Waals surface area contributed by atoms with Crippen molar-refractivity contribution in [3.05, 3.63) is 240 Å². The Morgan fingerprint density at radius 2 is 1.10 bits per heavy atom. The number of rotatable bonds is 8. The van der Waals surface area contributed by atoms with E-state index in [1.165, 1.54) is 49.7 Å². The summed E-state index contributed by atoms with van der Waals surface area (Å²) in [7, 11) is 0. The Kier molecular flexibility index (Phi) is 10.5. The Morgan fingerprint density at radius 3 is 1.74 bits per heavy atom. The molecule has 8 aromatic rings. The first kappa shape index (κ1) is 38.0. The molecule has 0 saturated heterocycles. The number of hydrogen-bond acceptors (Lipinski definition) is 3. The first-order valence-electron chi connectivity index (χ1n) is 21.6. The minimum absolute atomic E-state index is 0.197. The van der Waals surface area contributed by atoms with Crippen LogP contribution >= 0.6 is 0 Å². The molecule has 7 aromatic carbocycles. The molecule has 3 heteroatoms. The second kappa shape index (κ2) is 16.8. The summed E-state index contributed by atoms with van der Waals surface area (Å²) < 4.78 is 0. The zero-order chi connectivity index (χ0) is 41.0. The number of hydrogen-bond donors (Lipinski definition) is 0. The van der Waals surface area contributed by atoms with Gasteiger partial charge in [-0.15, -0.1) is 0 Å². The number of nitrogens with zero attached hydrogens (tertiary/aromatic N) is 3. The van der Waals surface area contributed by atoms with E-state index in [4.69, 9.17) is 15.0 Å². The molecule has 1 heterocycles. The molecule has 1 atom stereocenters. The molecule has 1 aromatic heterocycles. The van der Waals surface area contributed by atoms with Crippen LogP contribution in [0.3, 0.4) is 0 Å². The van der Waals surface area contributed by atoms with Crippen molar-refractivity contribution >= 4 is 16.3 Å². The van der Waals surface area contributed by atoms with Crippen LogP contribution < -0.4 is 0 Å². The van der Waals surface area contributed by atoms with Gasteiger partial charge in [-0.1, -0.05) is 219 Å². The van der Waals surface area contributed by atoms with Crippen molar-refractivity contribution in [1.82, 2.24) is 15.0 Å². The van der Waals surface area contributed by atoms with Gasteiger partial charge in [0, 0.05) is 28.0 Å². The predicted molar refractivity (Wildman–Crippen MR) is 254 cm³/mol. The zero-order valence-electron chi connectivity index (χ0n) is 34.5. The van der Waals surface area contributed by atoms with Crippen LogP contribution in [0.4, 0.5) is 0 Å². The summed E-state index contributed by atoms with van der Waals surface area (Å²) in [6.07, 6.45) is 15.9. The molecule has 0 bridgehead atoms. The highest BCUT2D eigenvalue weighted by Gasteiger charge is 2.40. The third-order valence-corrected chi connectivity index (χ3v) is 12.6. The molecule has 0 spiro atoms. The number of aromatic nitrogens is 3. The fraction of sp³-hybridized carbons (Fsp3) is 0.121. The third-order valence-electron chi connectivity index (χ3n) is 12.6. The zero-order valence-corrected chi connectivity index (χ0v) is 34.5. The van der Waals surface area contributed by atoms with E-state index < -0.39 is 0 Å². The molecule has 2 aliphatic carbocycles. The molecule has 0 N–H and O–H groups in total. The monoisotopic (exact) mass is 785 g/mol. The normalized spacial score (nSPS) is 17.4. The van der Waals surface area contributed by atoms with Crippen molar-refractivity contribution in [3.63, 3.8) is 0 Å². The van der Waals surface area contributed by atoms with E-state index in [-0.39, 0.29) is 11.3 Å². The van der Waals surface area contributed by atoms with E-state index >= 15 is 0 Å². The minimum atomic E-state index is -0.329. The maximum absolute atomic E-state index is 5.12. The first-order valence-corrected chi connectivity index (χ1v) is 21.6. The van der Waals surface area contributed by atoms with Gasteiger partial charge < -0.3 is 0 Å². The molecule has 1 unspecified atom stereocenters. The number of fused-ring (bicyclic) bond motifs is 1. The highest BCUT2D eigenvalue weighted by molar-refractivity contribution is 6.03. The average Bonchev–Trinajstić information content (AvgIpc) is 3.41. The second-order valence-corrected chi connectivity index (χ2v) is 16.1. The molecular weight excluding hydrogens is 739 g/mol. The van der Waals surface area contributed by atoms with Crippen LogP contribution in [0.5, 0.6) is 0 Å². The van der Waals surface area contributed by atoms with Gasteiger partial charge in [-0.3, -0.25) is 0 Å². The molecule has 3 nitrogen and oxygen atoms in total. The van der Waals surface area contributed by atoms with Gasteiger partial charge in [0.15, 0.2) is 17.5 Å². The Balaban J connectivity index is 1.17. The Hall–Kier alpha value is -7.23. The maximum atomic E-state index is 5.12. The van der Waals surface area contributed by atoms with Crippen LogP contribution in [0.15, 0.2) is 224 Å². The summed E-state index contributed by atoms with van der Waals surface area (Å²) in [5.74, 6) is 2.15. The van der Waals surface area contributed by atoms with Crippen molar-refractivity contribution < 1.29 is 0 Å². The molecule has 0 amide bonds. The molecule has 0 radical (unpaired) electrons. The summed E-state index contributed by atoms with van der Waals surface area (Å²) in [6.45, 7) is 2.37. The van der Waals surface area contributed by atoms with Gasteiger partial charge in [0.2, 0.25) is 0 Å². The molecule has 294 valence electrons. The highest BCUT2D eigenvalue weighted by Crippen LogP contribution is 2.51. The van der Waals surface area contributed by atoms with E-state index in [0.717, 1.165) is 47.9 Å². The van der Waals surface area contributed by atoms with Gasteiger partial charge in [0.1, 0.15) is 0 Å². The van der Waals surface area contributed by atoms with E-state index in [2.05, 4.69) is 183 Å². The predicted octanol–water partition coefficient (Wildman–Crippen LogP) is 14.7. The topological polar surface area (TPSA) is 38.7 Å². The van der Waals surface area contributed by atoms with Gasteiger partial charge in [-0.25, -0.2) is 15.0 Å². The van der Waals surface area contributed by atoms with E-state index in [1.807, 2.05) is 36.4 Å². The van der Waals surface area contributed by atoms with Crippen LogP contribution in [0.2, 0.25) is 0 Å². The van der Waals surface area contributed by atoms with Crippen LogP contribution in [-0.4, -0.2) is 15.0 Å². The van der Waals surface area contributed by atoms with Crippen LogP contribution in [0.25, 0.3) is 61.6 Å². The van der Waals surface area contributed by atoms with Gasteiger partial charge in [0.25, 0.3) is 0 Å². The number of benzene rings is 7. The molecule has 61 heavy (non-hydrogen) atoms. The van der Waals surface area contributed by atoms with Gasteiger partial charge in [-0.2, -0.15) is 0 Å². The first-order chi connectivity index (χ1) is 30.2. The molecule has 2 aliphatic rings. The van der Waals surface area contributed by atoms with E-state index in [0.29, 0.717) is 17.5 Å².